The van der Waals surface area contributed by atoms with Crippen LogP contribution in [0.3, 0.4) is 0 Å². The number of β-amino-alcohol motifs (C(OH)–C–C–N with tert-alkyl or cyclic N) is 1. The second kappa shape index (κ2) is 7.43. The standard InChI is InChI=1S/C20H26N6O2/c1-13(2)14-5-17(27)11-26(10-14)18(28)15-6-23-19(24-7-15)25-20(3-4-20)16-8-21-12-22-9-16/h6-9,12-14,17,27H,3-5,10-11H2,1-2H3,(H,23,24,25)/t14-,17+/m0/s1. The first-order chi connectivity index (χ1) is 13.5. The Morgan fingerprint density at radius 2 is 1.86 bits per heavy atom. The van der Waals surface area contributed by atoms with Crippen molar-refractivity contribution < 1.29 is 9.90 Å². The number of nitrogens with one attached hydrogen (secondary N) is 1. The van der Waals surface area contributed by atoms with E-state index in [1.807, 2.05) is 0 Å². The molecule has 1 saturated carbocycles. The molecule has 0 bridgehead atoms. The van der Waals surface area contributed by atoms with E-state index in [2.05, 4.69) is 39.1 Å². The number of hydrogen-bond donors (Lipinski definition) is 2. The van der Waals surface area contributed by atoms with Crippen molar-refractivity contribution in [3.63, 3.8) is 0 Å². The first kappa shape index (κ1) is 18.7. The summed E-state index contributed by atoms with van der Waals surface area (Å²) in [6.07, 6.45) is 10.4. The number of likely N-dealkylation sites (tertiary alicyclic amines) is 1. The maximum Gasteiger partial charge on any atom is 0.257 e. The summed E-state index contributed by atoms with van der Waals surface area (Å²) in [7, 11) is 0. The molecule has 3 heterocycles. The van der Waals surface area contributed by atoms with Crippen molar-refractivity contribution in [2.45, 2.75) is 44.8 Å². The van der Waals surface area contributed by atoms with Gasteiger partial charge in [-0.05, 0) is 31.1 Å². The van der Waals surface area contributed by atoms with E-state index in [1.165, 1.54) is 6.33 Å². The number of amides is 1. The molecule has 1 saturated heterocycles. The number of nitrogens with zero attached hydrogens (tertiary/aromatic N) is 5. The predicted molar refractivity (Wildman–Crippen MR) is 103 cm³/mol. The van der Waals surface area contributed by atoms with E-state index in [4.69, 9.17) is 0 Å². The van der Waals surface area contributed by atoms with E-state index in [0.717, 1.165) is 24.8 Å². The molecule has 8 heteroatoms. The Hall–Kier alpha value is -2.61. The van der Waals surface area contributed by atoms with Crippen LogP contribution in [-0.4, -0.2) is 55.0 Å². The van der Waals surface area contributed by atoms with Gasteiger partial charge >= 0.3 is 0 Å². The molecule has 2 aromatic heterocycles. The summed E-state index contributed by atoms with van der Waals surface area (Å²) in [4.78, 5) is 31.4. The zero-order valence-electron chi connectivity index (χ0n) is 16.2. The topological polar surface area (TPSA) is 104 Å². The van der Waals surface area contributed by atoms with Crippen LogP contribution in [0.2, 0.25) is 0 Å². The Kier molecular flexibility index (Phi) is 4.97. The maximum atomic E-state index is 12.8. The van der Waals surface area contributed by atoms with Crippen LogP contribution in [0.25, 0.3) is 0 Å². The van der Waals surface area contributed by atoms with Gasteiger partial charge in [-0.25, -0.2) is 19.9 Å². The third-order valence-electron chi connectivity index (χ3n) is 5.80. The fourth-order valence-electron chi connectivity index (χ4n) is 3.82. The fraction of sp³-hybridized carbons (Fsp3) is 0.550. The molecular formula is C20H26N6O2. The monoisotopic (exact) mass is 382 g/mol. The number of rotatable bonds is 5. The van der Waals surface area contributed by atoms with Gasteiger partial charge in [-0.3, -0.25) is 4.79 Å². The molecule has 2 aliphatic rings. The van der Waals surface area contributed by atoms with E-state index in [-0.39, 0.29) is 11.4 Å². The highest BCUT2D eigenvalue weighted by Gasteiger charge is 2.45. The smallest absolute Gasteiger partial charge is 0.257 e. The first-order valence-corrected chi connectivity index (χ1v) is 9.80. The van der Waals surface area contributed by atoms with Gasteiger partial charge in [-0.15, -0.1) is 0 Å². The van der Waals surface area contributed by atoms with Gasteiger partial charge in [0.25, 0.3) is 5.91 Å². The highest BCUT2D eigenvalue weighted by molar-refractivity contribution is 5.93. The highest BCUT2D eigenvalue weighted by atomic mass is 16.3. The Balaban J connectivity index is 1.44. The Bertz CT molecular complexity index is 822. The summed E-state index contributed by atoms with van der Waals surface area (Å²) in [6.45, 7) is 5.27. The van der Waals surface area contributed by atoms with Crippen LogP contribution in [0.1, 0.15) is 49.0 Å². The third-order valence-corrected chi connectivity index (χ3v) is 5.80. The molecule has 148 valence electrons. The number of piperidine rings is 1. The predicted octanol–water partition coefficient (Wildman–Crippen LogP) is 1.85. The molecule has 0 unspecified atom stereocenters. The highest BCUT2D eigenvalue weighted by Crippen LogP contribution is 2.47. The number of aliphatic hydroxyl groups is 1. The van der Waals surface area contributed by atoms with E-state index < -0.39 is 6.10 Å². The Morgan fingerprint density at radius 1 is 1.18 bits per heavy atom. The molecule has 0 radical (unpaired) electrons. The summed E-state index contributed by atoms with van der Waals surface area (Å²) in [6, 6.07) is 0. The van der Waals surface area contributed by atoms with Crippen LogP contribution < -0.4 is 5.32 Å². The largest absolute Gasteiger partial charge is 0.391 e. The van der Waals surface area contributed by atoms with Crippen molar-refractivity contribution in [3.05, 3.63) is 42.2 Å². The molecule has 2 fully saturated rings. The van der Waals surface area contributed by atoms with Gasteiger partial charge < -0.3 is 15.3 Å². The Labute approximate surface area is 164 Å². The van der Waals surface area contributed by atoms with Gasteiger partial charge in [0.1, 0.15) is 6.33 Å². The normalized spacial score (nSPS) is 23.5. The number of aromatic nitrogens is 4. The lowest BCUT2D eigenvalue weighted by Gasteiger charge is -2.37. The van der Waals surface area contributed by atoms with Gasteiger partial charge in [0.05, 0.1) is 17.2 Å². The lowest BCUT2D eigenvalue weighted by molar-refractivity contribution is 0.0224. The average molecular weight is 382 g/mol. The number of aliphatic hydroxyl groups excluding tert-OH is 1. The molecule has 2 N–H and O–H groups in total. The molecule has 1 amide bonds. The molecule has 2 aromatic rings. The lowest BCUT2D eigenvalue weighted by atomic mass is 9.86. The summed E-state index contributed by atoms with van der Waals surface area (Å²) in [5.41, 5.74) is 1.24. The summed E-state index contributed by atoms with van der Waals surface area (Å²) in [5.74, 6) is 1.08. The van der Waals surface area contributed by atoms with Crippen LogP contribution in [0, 0.1) is 11.8 Å². The fourth-order valence-corrected chi connectivity index (χ4v) is 3.82. The molecule has 1 aliphatic carbocycles. The molecule has 1 aliphatic heterocycles. The molecule has 4 rings (SSSR count). The quantitative estimate of drug-likeness (QED) is 0.813. The van der Waals surface area contributed by atoms with Crippen molar-refractivity contribution in [2.75, 3.05) is 18.4 Å². The van der Waals surface area contributed by atoms with Crippen molar-refractivity contribution >= 4 is 11.9 Å². The first-order valence-electron chi connectivity index (χ1n) is 9.80. The van der Waals surface area contributed by atoms with Gasteiger partial charge in [0.15, 0.2) is 0 Å². The summed E-state index contributed by atoms with van der Waals surface area (Å²) >= 11 is 0. The molecule has 2 atom stereocenters. The number of hydrogen-bond acceptors (Lipinski definition) is 7. The zero-order valence-corrected chi connectivity index (χ0v) is 16.2. The summed E-state index contributed by atoms with van der Waals surface area (Å²) in [5, 5.41) is 13.5. The second-order valence-corrected chi connectivity index (χ2v) is 8.23. The molecule has 8 nitrogen and oxygen atoms in total. The van der Waals surface area contributed by atoms with Gasteiger partial charge in [0, 0.05) is 43.4 Å². The van der Waals surface area contributed by atoms with Gasteiger partial charge in [-0.1, -0.05) is 13.8 Å². The number of anilines is 1. The number of carbonyl (C=O) groups excluding carboxylic acids is 1. The SMILES string of the molecule is CC(C)[C@H]1C[C@@H](O)CN(C(=O)c2cnc(NC3(c4cncnc4)CC3)nc2)C1. The number of carbonyl (C=O) groups is 1. The van der Waals surface area contributed by atoms with Crippen LogP contribution in [-0.2, 0) is 5.54 Å². The summed E-state index contributed by atoms with van der Waals surface area (Å²) < 4.78 is 0. The third kappa shape index (κ3) is 3.82. The van der Waals surface area contributed by atoms with Crippen molar-refractivity contribution in [3.8, 4) is 0 Å². The lowest BCUT2D eigenvalue weighted by Crippen LogP contribution is -2.47. The minimum atomic E-state index is -0.477. The maximum absolute atomic E-state index is 12.8. The minimum absolute atomic E-state index is 0.131. The van der Waals surface area contributed by atoms with E-state index in [9.17, 15) is 9.90 Å². The van der Waals surface area contributed by atoms with Crippen LogP contribution in [0.5, 0.6) is 0 Å². The Morgan fingerprint density at radius 3 is 2.46 bits per heavy atom. The van der Waals surface area contributed by atoms with E-state index >= 15 is 0 Å². The van der Waals surface area contributed by atoms with Crippen LogP contribution >= 0.6 is 0 Å². The van der Waals surface area contributed by atoms with Gasteiger partial charge in [0.2, 0.25) is 5.95 Å². The zero-order chi connectivity index (χ0) is 19.7. The molecule has 0 spiro atoms. The van der Waals surface area contributed by atoms with Gasteiger partial charge in [-0.2, -0.15) is 0 Å². The minimum Gasteiger partial charge on any atom is -0.391 e. The van der Waals surface area contributed by atoms with E-state index in [1.54, 1.807) is 29.7 Å². The molecule has 28 heavy (non-hydrogen) atoms. The van der Waals surface area contributed by atoms with Crippen molar-refractivity contribution in [1.29, 1.82) is 0 Å². The molecular weight excluding hydrogens is 356 g/mol. The van der Waals surface area contributed by atoms with Crippen LogP contribution in [0.15, 0.2) is 31.1 Å². The average Bonchev–Trinajstić information content (AvgIpc) is 3.49. The van der Waals surface area contributed by atoms with Crippen LogP contribution in [0.4, 0.5) is 5.95 Å². The molecule has 0 aromatic carbocycles. The van der Waals surface area contributed by atoms with E-state index in [0.29, 0.717) is 36.4 Å². The second-order valence-electron chi connectivity index (χ2n) is 8.23. The van der Waals surface area contributed by atoms with Crippen molar-refractivity contribution in [2.24, 2.45) is 11.8 Å². The van der Waals surface area contributed by atoms with Crippen molar-refractivity contribution in [1.82, 2.24) is 24.8 Å².